The van der Waals surface area contributed by atoms with Crippen molar-refractivity contribution in [1.29, 1.82) is 0 Å². The maximum atomic E-state index is 9.43. The summed E-state index contributed by atoms with van der Waals surface area (Å²) in [6.45, 7) is 8.36. The van der Waals surface area contributed by atoms with E-state index in [0.717, 1.165) is 36.2 Å². The van der Waals surface area contributed by atoms with Crippen molar-refractivity contribution < 1.29 is 5.11 Å². The fraction of sp³-hybridized carbons (Fsp3) is 0.615. The summed E-state index contributed by atoms with van der Waals surface area (Å²) in [6, 6.07) is 1.93. The number of hydrogen-bond acceptors (Lipinski definition) is 4. The molecule has 1 heterocycles. The zero-order valence-corrected chi connectivity index (χ0v) is 12.7. The lowest BCUT2D eigenvalue weighted by atomic mass is 10.1. The number of aromatic nitrogens is 1. The Labute approximate surface area is 118 Å². The number of nitrogens with one attached hydrogen (secondary N) is 1. The average Bonchev–Trinajstić information content (AvgIpc) is 2.39. The van der Waals surface area contributed by atoms with Gasteiger partial charge in [0.25, 0.3) is 0 Å². The molecule has 0 bridgehead atoms. The van der Waals surface area contributed by atoms with Crippen LogP contribution in [0.5, 0.6) is 0 Å². The van der Waals surface area contributed by atoms with Gasteiger partial charge in [-0.05, 0) is 40.6 Å². The van der Waals surface area contributed by atoms with Gasteiger partial charge in [0.2, 0.25) is 0 Å². The van der Waals surface area contributed by atoms with Crippen molar-refractivity contribution in [2.75, 3.05) is 32.8 Å². The topological polar surface area (TPSA) is 48.4 Å². The van der Waals surface area contributed by atoms with E-state index in [1.807, 2.05) is 6.07 Å². The molecule has 0 aromatic carbocycles. The van der Waals surface area contributed by atoms with Crippen LogP contribution in [-0.4, -0.2) is 47.8 Å². The van der Waals surface area contributed by atoms with Gasteiger partial charge in [-0.1, -0.05) is 13.8 Å². The van der Waals surface area contributed by atoms with Gasteiger partial charge in [0, 0.05) is 30.0 Å². The van der Waals surface area contributed by atoms with Gasteiger partial charge in [0.05, 0.1) is 12.6 Å². The van der Waals surface area contributed by atoms with Gasteiger partial charge in [-0.25, -0.2) is 0 Å². The van der Waals surface area contributed by atoms with Crippen LogP contribution < -0.4 is 5.32 Å². The molecule has 0 aliphatic carbocycles. The minimum atomic E-state index is -0.0504. The van der Waals surface area contributed by atoms with Gasteiger partial charge < -0.3 is 15.3 Å². The van der Waals surface area contributed by atoms with Crippen LogP contribution in [0, 0.1) is 0 Å². The molecule has 0 fully saturated rings. The third kappa shape index (κ3) is 5.02. The Kier molecular flexibility index (Phi) is 7.42. The van der Waals surface area contributed by atoms with Crippen LogP contribution in [0.25, 0.3) is 0 Å². The molecule has 1 atom stereocenters. The predicted octanol–water partition coefficient (Wildman–Crippen LogP) is 1.81. The van der Waals surface area contributed by atoms with Crippen LogP contribution in [0.3, 0.4) is 0 Å². The van der Waals surface area contributed by atoms with Crippen LogP contribution in [0.4, 0.5) is 0 Å². The molecule has 4 nitrogen and oxygen atoms in total. The van der Waals surface area contributed by atoms with Crippen LogP contribution >= 0.6 is 15.9 Å². The number of pyridine rings is 1. The van der Waals surface area contributed by atoms with Crippen LogP contribution in [0.1, 0.15) is 25.5 Å². The Morgan fingerprint density at radius 1 is 1.39 bits per heavy atom. The highest BCUT2D eigenvalue weighted by molar-refractivity contribution is 9.10. The molecule has 18 heavy (non-hydrogen) atoms. The molecule has 1 aromatic rings. The number of rotatable bonds is 8. The van der Waals surface area contributed by atoms with Crippen molar-refractivity contribution in [3.05, 3.63) is 28.5 Å². The standard InChI is InChI=1S/C13H22BrN3O/c1-3-17(4-2)6-5-16-13(10-18)11-7-12(14)9-15-8-11/h7-9,13,16,18H,3-6,10H2,1-2H3. The SMILES string of the molecule is CCN(CC)CCNC(CO)c1cncc(Br)c1. The van der Waals surface area contributed by atoms with Crippen molar-refractivity contribution in [1.82, 2.24) is 15.2 Å². The lowest BCUT2D eigenvalue weighted by Gasteiger charge is -2.21. The molecule has 1 aromatic heterocycles. The van der Waals surface area contributed by atoms with E-state index in [9.17, 15) is 5.11 Å². The molecule has 1 rings (SSSR count). The molecular weight excluding hydrogens is 294 g/mol. The molecular formula is C13H22BrN3O. The zero-order chi connectivity index (χ0) is 13.4. The second kappa shape index (κ2) is 8.58. The summed E-state index contributed by atoms with van der Waals surface area (Å²) in [4.78, 5) is 6.47. The Balaban J connectivity index is 2.47. The highest BCUT2D eigenvalue weighted by atomic mass is 79.9. The van der Waals surface area contributed by atoms with E-state index >= 15 is 0 Å². The van der Waals surface area contributed by atoms with E-state index in [2.05, 4.69) is 45.0 Å². The fourth-order valence-electron chi connectivity index (χ4n) is 1.84. The van der Waals surface area contributed by atoms with E-state index in [1.54, 1.807) is 12.4 Å². The molecule has 0 radical (unpaired) electrons. The summed E-state index contributed by atoms with van der Waals surface area (Å²) in [7, 11) is 0. The largest absolute Gasteiger partial charge is 0.394 e. The summed E-state index contributed by atoms with van der Waals surface area (Å²) in [5.41, 5.74) is 1.01. The van der Waals surface area contributed by atoms with Crippen molar-refractivity contribution in [2.45, 2.75) is 19.9 Å². The lowest BCUT2D eigenvalue weighted by molar-refractivity contribution is 0.233. The first kappa shape index (κ1) is 15.6. The highest BCUT2D eigenvalue weighted by Gasteiger charge is 2.10. The van der Waals surface area contributed by atoms with Crippen LogP contribution in [0.15, 0.2) is 22.9 Å². The predicted molar refractivity (Wildman–Crippen MR) is 77.6 cm³/mol. The quantitative estimate of drug-likeness (QED) is 0.768. The van der Waals surface area contributed by atoms with E-state index in [1.165, 1.54) is 0 Å². The molecule has 0 aliphatic rings. The maximum Gasteiger partial charge on any atom is 0.0627 e. The van der Waals surface area contributed by atoms with Crippen LogP contribution in [0.2, 0.25) is 0 Å². The molecule has 0 aliphatic heterocycles. The third-order valence-electron chi connectivity index (χ3n) is 3.02. The minimum Gasteiger partial charge on any atom is -0.394 e. The first-order valence-corrected chi connectivity index (χ1v) is 7.17. The van der Waals surface area contributed by atoms with Crippen LogP contribution in [-0.2, 0) is 0 Å². The second-order valence-corrected chi connectivity index (χ2v) is 5.07. The van der Waals surface area contributed by atoms with Crippen molar-refractivity contribution >= 4 is 15.9 Å². The molecule has 5 heteroatoms. The summed E-state index contributed by atoms with van der Waals surface area (Å²) >= 11 is 3.39. The first-order chi connectivity index (χ1) is 8.71. The van der Waals surface area contributed by atoms with E-state index < -0.39 is 0 Å². The van der Waals surface area contributed by atoms with Gasteiger partial charge in [-0.15, -0.1) is 0 Å². The first-order valence-electron chi connectivity index (χ1n) is 6.38. The molecule has 0 saturated carbocycles. The average molecular weight is 316 g/mol. The van der Waals surface area contributed by atoms with Gasteiger partial charge in [-0.3, -0.25) is 4.98 Å². The summed E-state index contributed by atoms with van der Waals surface area (Å²) in [6.07, 6.45) is 3.53. The molecule has 0 spiro atoms. The highest BCUT2D eigenvalue weighted by Crippen LogP contribution is 2.16. The molecule has 102 valence electrons. The number of halogens is 1. The van der Waals surface area contributed by atoms with E-state index in [0.29, 0.717) is 0 Å². The molecule has 2 N–H and O–H groups in total. The monoisotopic (exact) mass is 315 g/mol. The number of hydrogen-bond donors (Lipinski definition) is 2. The van der Waals surface area contributed by atoms with Gasteiger partial charge in [0.15, 0.2) is 0 Å². The Morgan fingerprint density at radius 2 is 2.11 bits per heavy atom. The second-order valence-electron chi connectivity index (χ2n) is 4.15. The normalized spacial score (nSPS) is 12.9. The lowest BCUT2D eigenvalue weighted by Crippen LogP contribution is -2.34. The van der Waals surface area contributed by atoms with E-state index in [-0.39, 0.29) is 12.6 Å². The van der Waals surface area contributed by atoms with Crippen molar-refractivity contribution in [2.24, 2.45) is 0 Å². The summed E-state index contributed by atoms with van der Waals surface area (Å²) < 4.78 is 0.934. The van der Waals surface area contributed by atoms with Gasteiger partial charge in [-0.2, -0.15) is 0 Å². The van der Waals surface area contributed by atoms with Crippen molar-refractivity contribution in [3.63, 3.8) is 0 Å². The van der Waals surface area contributed by atoms with Crippen molar-refractivity contribution in [3.8, 4) is 0 Å². The number of likely N-dealkylation sites (N-methyl/N-ethyl adjacent to an activating group) is 1. The molecule has 1 unspecified atom stereocenters. The Hall–Kier alpha value is -0.490. The number of aliphatic hydroxyl groups excluding tert-OH is 1. The minimum absolute atomic E-state index is 0.0504. The van der Waals surface area contributed by atoms with Gasteiger partial charge >= 0.3 is 0 Å². The number of aliphatic hydroxyl groups is 1. The Bertz CT molecular complexity index is 345. The fourth-order valence-corrected chi connectivity index (χ4v) is 2.23. The smallest absolute Gasteiger partial charge is 0.0627 e. The Morgan fingerprint density at radius 3 is 2.67 bits per heavy atom. The summed E-state index contributed by atoms with van der Waals surface area (Å²) in [5.74, 6) is 0. The zero-order valence-electron chi connectivity index (χ0n) is 11.1. The summed E-state index contributed by atoms with van der Waals surface area (Å²) in [5, 5.41) is 12.8. The van der Waals surface area contributed by atoms with Gasteiger partial charge in [0.1, 0.15) is 0 Å². The van der Waals surface area contributed by atoms with E-state index in [4.69, 9.17) is 0 Å². The molecule has 0 saturated heterocycles. The third-order valence-corrected chi connectivity index (χ3v) is 3.46. The maximum absolute atomic E-state index is 9.43. The molecule has 0 amide bonds. The number of nitrogens with zero attached hydrogens (tertiary/aromatic N) is 2.